The standard InChI is InChI=1S/C20H21N3O4S/c1-2-12-21-28(26,27)18-6-3-5-15(14-18)20(25)22-16-8-10-17(11-9-16)23-13-4-7-19(23)24/h2-3,5-6,8-11,14,21H,1,4,7,12-13H2,(H,22,25). The highest BCUT2D eigenvalue weighted by atomic mass is 32.2. The van der Waals surface area contributed by atoms with Crippen molar-refractivity contribution in [2.45, 2.75) is 17.7 Å². The first-order valence-electron chi connectivity index (χ1n) is 8.83. The number of sulfonamides is 1. The van der Waals surface area contributed by atoms with E-state index in [1.54, 1.807) is 35.2 Å². The van der Waals surface area contributed by atoms with Gasteiger partial charge in [-0.1, -0.05) is 12.1 Å². The lowest BCUT2D eigenvalue weighted by atomic mass is 10.2. The Kier molecular flexibility index (Phi) is 5.91. The highest BCUT2D eigenvalue weighted by Crippen LogP contribution is 2.23. The number of anilines is 2. The first kappa shape index (κ1) is 19.8. The van der Waals surface area contributed by atoms with Gasteiger partial charge >= 0.3 is 0 Å². The summed E-state index contributed by atoms with van der Waals surface area (Å²) in [6.45, 7) is 4.27. The van der Waals surface area contributed by atoms with E-state index in [-0.39, 0.29) is 22.9 Å². The highest BCUT2D eigenvalue weighted by Gasteiger charge is 2.21. The summed E-state index contributed by atoms with van der Waals surface area (Å²) in [7, 11) is -3.71. The van der Waals surface area contributed by atoms with E-state index in [2.05, 4.69) is 16.6 Å². The van der Waals surface area contributed by atoms with Crippen LogP contribution in [0.2, 0.25) is 0 Å². The Hall–Kier alpha value is -2.97. The molecule has 28 heavy (non-hydrogen) atoms. The molecular weight excluding hydrogens is 378 g/mol. The number of rotatable bonds is 7. The van der Waals surface area contributed by atoms with Gasteiger partial charge in [-0.25, -0.2) is 13.1 Å². The van der Waals surface area contributed by atoms with Crippen molar-refractivity contribution in [3.05, 3.63) is 66.7 Å². The molecule has 0 atom stereocenters. The Bertz CT molecular complexity index is 1000. The Morgan fingerprint density at radius 1 is 1.18 bits per heavy atom. The molecule has 7 nitrogen and oxygen atoms in total. The molecule has 0 aromatic heterocycles. The summed E-state index contributed by atoms with van der Waals surface area (Å²) in [5, 5.41) is 2.74. The molecule has 1 aliphatic heterocycles. The third kappa shape index (κ3) is 4.47. The molecule has 0 aliphatic carbocycles. The lowest BCUT2D eigenvalue weighted by molar-refractivity contribution is -0.117. The molecule has 2 aromatic rings. The van der Waals surface area contributed by atoms with Crippen LogP contribution in [-0.2, 0) is 14.8 Å². The maximum Gasteiger partial charge on any atom is 0.255 e. The van der Waals surface area contributed by atoms with Crippen molar-refractivity contribution < 1.29 is 18.0 Å². The summed E-state index contributed by atoms with van der Waals surface area (Å²) < 4.78 is 26.8. The number of hydrogen-bond donors (Lipinski definition) is 2. The SMILES string of the molecule is C=CCNS(=O)(=O)c1cccc(C(=O)Nc2ccc(N3CCCC3=O)cc2)c1. The largest absolute Gasteiger partial charge is 0.322 e. The Morgan fingerprint density at radius 2 is 1.93 bits per heavy atom. The van der Waals surface area contributed by atoms with Crippen LogP contribution in [0.5, 0.6) is 0 Å². The number of nitrogens with zero attached hydrogens (tertiary/aromatic N) is 1. The van der Waals surface area contributed by atoms with Crippen molar-refractivity contribution in [3.63, 3.8) is 0 Å². The van der Waals surface area contributed by atoms with Crippen LogP contribution in [-0.4, -0.2) is 33.3 Å². The number of carbonyl (C=O) groups excluding carboxylic acids is 2. The summed E-state index contributed by atoms with van der Waals surface area (Å²) in [5.41, 5.74) is 1.57. The topological polar surface area (TPSA) is 95.6 Å². The average Bonchev–Trinajstić information content (AvgIpc) is 3.13. The van der Waals surface area contributed by atoms with Gasteiger partial charge in [-0.05, 0) is 48.9 Å². The van der Waals surface area contributed by atoms with Gasteiger partial charge in [-0.15, -0.1) is 6.58 Å². The zero-order valence-electron chi connectivity index (χ0n) is 15.2. The maximum atomic E-state index is 12.5. The van der Waals surface area contributed by atoms with Gasteiger partial charge in [0.1, 0.15) is 0 Å². The molecule has 2 aromatic carbocycles. The van der Waals surface area contributed by atoms with Crippen molar-refractivity contribution in [1.29, 1.82) is 0 Å². The van der Waals surface area contributed by atoms with Crippen LogP contribution in [0.15, 0.2) is 66.1 Å². The summed E-state index contributed by atoms with van der Waals surface area (Å²) in [6.07, 6.45) is 2.84. The molecule has 1 heterocycles. The summed E-state index contributed by atoms with van der Waals surface area (Å²) in [6, 6.07) is 12.8. The Labute approximate surface area is 164 Å². The summed E-state index contributed by atoms with van der Waals surface area (Å²) in [5.74, 6) is -0.328. The molecule has 0 unspecified atom stereocenters. The first-order valence-corrected chi connectivity index (χ1v) is 10.3. The third-order valence-corrected chi connectivity index (χ3v) is 5.76. The molecule has 0 spiro atoms. The van der Waals surface area contributed by atoms with Gasteiger partial charge in [0.05, 0.1) is 4.90 Å². The number of carbonyl (C=O) groups is 2. The van der Waals surface area contributed by atoms with E-state index < -0.39 is 15.9 Å². The third-order valence-electron chi connectivity index (χ3n) is 4.33. The van der Waals surface area contributed by atoms with Crippen LogP contribution in [0.25, 0.3) is 0 Å². The van der Waals surface area contributed by atoms with Gasteiger partial charge < -0.3 is 10.2 Å². The minimum atomic E-state index is -3.71. The lowest BCUT2D eigenvalue weighted by Crippen LogP contribution is -2.24. The van der Waals surface area contributed by atoms with Crippen LogP contribution in [0.1, 0.15) is 23.2 Å². The Morgan fingerprint density at radius 3 is 2.57 bits per heavy atom. The fourth-order valence-corrected chi connectivity index (χ4v) is 3.95. The highest BCUT2D eigenvalue weighted by molar-refractivity contribution is 7.89. The molecule has 0 radical (unpaired) electrons. The van der Waals surface area contributed by atoms with Crippen LogP contribution >= 0.6 is 0 Å². The van der Waals surface area contributed by atoms with Crippen molar-refractivity contribution in [3.8, 4) is 0 Å². The Balaban J connectivity index is 1.72. The van der Waals surface area contributed by atoms with Crippen LogP contribution in [0.3, 0.4) is 0 Å². The van der Waals surface area contributed by atoms with Crippen LogP contribution in [0.4, 0.5) is 11.4 Å². The van der Waals surface area contributed by atoms with E-state index >= 15 is 0 Å². The molecule has 2 amide bonds. The van der Waals surface area contributed by atoms with Crippen LogP contribution in [0, 0.1) is 0 Å². The van der Waals surface area contributed by atoms with Gasteiger partial charge in [-0.3, -0.25) is 9.59 Å². The minimum Gasteiger partial charge on any atom is -0.322 e. The normalized spacial score (nSPS) is 14.1. The van der Waals surface area contributed by atoms with Crippen molar-refractivity contribution >= 4 is 33.2 Å². The molecule has 0 saturated carbocycles. The first-order chi connectivity index (χ1) is 13.4. The number of amides is 2. The van der Waals surface area contributed by atoms with Crippen molar-refractivity contribution in [2.75, 3.05) is 23.3 Å². The van der Waals surface area contributed by atoms with E-state index in [1.807, 2.05) is 0 Å². The number of benzene rings is 2. The minimum absolute atomic E-state index is 0.00453. The molecule has 1 fully saturated rings. The molecule has 1 saturated heterocycles. The molecule has 146 valence electrons. The second-order valence-corrected chi connectivity index (χ2v) is 8.09. The smallest absolute Gasteiger partial charge is 0.255 e. The number of hydrogen-bond acceptors (Lipinski definition) is 4. The molecular formula is C20H21N3O4S. The molecule has 2 N–H and O–H groups in total. The van der Waals surface area contributed by atoms with E-state index in [9.17, 15) is 18.0 Å². The monoisotopic (exact) mass is 399 g/mol. The van der Waals surface area contributed by atoms with Gasteiger partial charge in [-0.2, -0.15) is 0 Å². The summed E-state index contributed by atoms with van der Waals surface area (Å²) in [4.78, 5) is 26.0. The second kappa shape index (κ2) is 8.37. The second-order valence-electron chi connectivity index (χ2n) is 6.32. The predicted molar refractivity (Wildman–Crippen MR) is 108 cm³/mol. The molecule has 3 rings (SSSR count). The number of nitrogens with one attached hydrogen (secondary N) is 2. The maximum absolute atomic E-state index is 12.5. The van der Waals surface area contributed by atoms with Crippen molar-refractivity contribution in [1.82, 2.24) is 4.72 Å². The molecule has 0 bridgehead atoms. The lowest BCUT2D eigenvalue weighted by Gasteiger charge is -2.16. The van der Waals surface area contributed by atoms with Crippen LogP contribution < -0.4 is 14.9 Å². The van der Waals surface area contributed by atoms with E-state index in [1.165, 1.54) is 24.3 Å². The quantitative estimate of drug-likeness (QED) is 0.700. The average molecular weight is 399 g/mol. The van der Waals surface area contributed by atoms with Gasteiger partial charge in [0.2, 0.25) is 15.9 Å². The van der Waals surface area contributed by atoms with E-state index in [4.69, 9.17) is 0 Å². The predicted octanol–water partition coefficient (Wildman–Crippen LogP) is 2.53. The fourth-order valence-electron chi connectivity index (χ4n) is 2.91. The van der Waals surface area contributed by atoms with E-state index in [0.29, 0.717) is 18.7 Å². The molecule has 8 heteroatoms. The van der Waals surface area contributed by atoms with Gasteiger partial charge in [0, 0.05) is 36.4 Å². The van der Waals surface area contributed by atoms with E-state index in [0.717, 1.165) is 12.1 Å². The zero-order chi connectivity index (χ0) is 20.1. The van der Waals surface area contributed by atoms with Gasteiger partial charge in [0.25, 0.3) is 5.91 Å². The van der Waals surface area contributed by atoms with Gasteiger partial charge in [0.15, 0.2) is 0 Å². The summed E-state index contributed by atoms with van der Waals surface area (Å²) >= 11 is 0. The van der Waals surface area contributed by atoms with Crippen molar-refractivity contribution in [2.24, 2.45) is 0 Å². The zero-order valence-corrected chi connectivity index (χ0v) is 16.0. The molecule has 1 aliphatic rings. The fraction of sp³-hybridized carbons (Fsp3) is 0.200.